The Hall–Kier alpha value is -1.16. The van der Waals surface area contributed by atoms with Crippen LogP contribution in [0.3, 0.4) is 0 Å². The zero-order chi connectivity index (χ0) is 17.5. The molecule has 0 radical (unpaired) electrons. The average Bonchev–Trinajstić information content (AvgIpc) is 2.57. The predicted molar refractivity (Wildman–Crippen MR) is 104 cm³/mol. The number of carbonyl (C=O) groups is 1. The Labute approximate surface area is 157 Å². The van der Waals surface area contributed by atoms with Crippen molar-refractivity contribution in [2.45, 2.75) is 42.9 Å². The van der Waals surface area contributed by atoms with Crippen LogP contribution in [0, 0.1) is 0 Å². The van der Waals surface area contributed by atoms with E-state index in [0.29, 0.717) is 10.0 Å². The van der Waals surface area contributed by atoms with E-state index in [9.17, 15) is 4.79 Å². The molecule has 2 rings (SSSR count). The van der Waals surface area contributed by atoms with E-state index < -0.39 is 0 Å². The second-order valence-electron chi connectivity index (χ2n) is 5.74. The molecular weight excluding hydrogens is 361 g/mol. The van der Waals surface area contributed by atoms with Crippen molar-refractivity contribution in [2.24, 2.45) is 0 Å². The zero-order valence-corrected chi connectivity index (χ0v) is 16.1. The average molecular weight is 382 g/mol. The first-order valence-corrected chi connectivity index (χ1v) is 9.56. The molecule has 0 bridgehead atoms. The summed E-state index contributed by atoms with van der Waals surface area (Å²) < 4.78 is 0. The van der Waals surface area contributed by atoms with Crippen LogP contribution in [0.15, 0.2) is 53.4 Å². The van der Waals surface area contributed by atoms with Crippen molar-refractivity contribution in [3.8, 4) is 0 Å². The minimum atomic E-state index is -0.262. The molecular formula is C19H21Cl2NOS. The summed E-state index contributed by atoms with van der Waals surface area (Å²) in [5, 5.41) is 3.95. The van der Waals surface area contributed by atoms with Crippen molar-refractivity contribution < 1.29 is 4.79 Å². The number of carbonyl (C=O) groups excluding carboxylic acids is 1. The fourth-order valence-electron chi connectivity index (χ4n) is 2.29. The molecule has 0 fully saturated rings. The molecule has 2 aromatic rings. The molecule has 1 amide bonds. The number of aryl methyl sites for hydroxylation is 1. The molecule has 128 valence electrons. The van der Waals surface area contributed by atoms with E-state index >= 15 is 0 Å². The van der Waals surface area contributed by atoms with Gasteiger partial charge in [0.15, 0.2) is 0 Å². The van der Waals surface area contributed by atoms with Gasteiger partial charge in [0.1, 0.15) is 0 Å². The van der Waals surface area contributed by atoms with Gasteiger partial charge < -0.3 is 5.32 Å². The number of amides is 1. The lowest BCUT2D eigenvalue weighted by Crippen LogP contribution is -2.37. The maximum atomic E-state index is 12.4. The fourth-order valence-corrected chi connectivity index (χ4v) is 3.84. The molecule has 2 aromatic carbocycles. The van der Waals surface area contributed by atoms with Gasteiger partial charge in [-0.15, -0.1) is 11.8 Å². The number of rotatable bonds is 7. The van der Waals surface area contributed by atoms with Gasteiger partial charge >= 0.3 is 0 Å². The maximum absolute atomic E-state index is 12.4. The van der Waals surface area contributed by atoms with Crippen LogP contribution < -0.4 is 5.32 Å². The quantitative estimate of drug-likeness (QED) is 0.631. The first-order valence-electron chi connectivity index (χ1n) is 7.92. The van der Waals surface area contributed by atoms with Crippen LogP contribution in [0.2, 0.25) is 10.0 Å². The van der Waals surface area contributed by atoms with Gasteiger partial charge in [0.05, 0.1) is 15.3 Å². The van der Waals surface area contributed by atoms with Gasteiger partial charge in [-0.3, -0.25) is 4.79 Å². The number of thioether (sulfide) groups is 1. The molecule has 0 aliphatic rings. The smallest absolute Gasteiger partial charge is 0.233 e. The third kappa shape index (κ3) is 5.73. The first-order chi connectivity index (χ1) is 11.5. The Morgan fingerprint density at radius 1 is 1.04 bits per heavy atom. The summed E-state index contributed by atoms with van der Waals surface area (Å²) in [6.07, 6.45) is 1.85. The normalized spacial score (nSPS) is 13.3. The summed E-state index contributed by atoms with van der Waals surface area (Å²) in [7, 11) is 0. The van der Waals surface area contributed by atoms with Gasteiger partial charge in [-0.25, -0.2) is 0 Å². The largest absolute Gasteiger partial charge is 0.353 e. The predicted octanol–water partition coefficient (Wildman–Crippen LogP) is 5.61. The van der Waals surface area contributed by atoms with Gasteiger partial charge in [0.25, 0.3) is 0 Å². The van der Waals surface area contributed by atoms with E-state index in [4.69, 9.17) is 23.2 Å². The standard InChI is InChI=1S/C19H21Cl2NOS/c1-13(11-12-15-7-4-3-5-8-15)22-19(23)14(2)24-18-16(20)9-6-10-17(18)21/h3-10,13-14H,11-12H2,1-2H3,(H,22,23)/t13-,14-/m0/s1. The molecule has 1 N–H and O–H groups in total. The Kier molecular flexibility index (Phi) is 7.47. The summed E-state index contributed by atoms with van der Waals surface area (Å²) in [4.78, 5) is 13.1. The Bertz CT molecular complexity index is 658. The van der Waals surface area contributed by atoms with E-state index in [1.807, 2.05) is 32.0 Å². The highest BCUT2D eigenvalue weighted by Crippen LogP contribution is 2.36. The number of hydrogen-bond acceptors (Lipinski definition) is 2. The molecule has 0 saturated carbocycles. The highest BCUT2D eigenvalue weighted by Gasteiger charge is 2.19. The van der Waals surface area contributed by atoms with Crippen molar-refractivity contribution in [1.29, 1.82) is 0 Å². The Morgan fingerprint density at radius 3 is 2.29 bits per heavy atom. The molecule has 0 aromatic heterocycles. The lowest BCUT2D eigenvalue weighted by atomic mass is 10.1. The van der Waals surface area contributed by atoms with Crippen molar-refractivity contribution in [1.82, 2.24) is 5.32 Å². The summed E-state index contributed by atoms with van der Waals surface area (Å²) in [5.74, 6) is -0.00320. The van der Waals surface area contributed by atoms with E-state index in [2.05, 4.69) is 17.4 Å². The molecule has 24 heavy (non-hydrogen) atoms. The van der Waals surface area contributed by atoms with E-state index in [1.54, 1.807) is 18.2 Å². The number of benzene rings is 2. The number of hydrogen-bond donors (Lipinski definition) is 1. The Balaban J connectivity index is 1.84. The van der Waals surface area contributed by atoms with Crippen molar-refractivity contribution in [3.63, 3.8) is 0 Å². The highest BCUT2D eigenvalue weighted by atomic mass is 35.5. The summed E-state index contributed by atoms with van der Waals surface area (Å²) in [5.41, 5.74) is 1.28. The molecule has 2 atom stereocenters. The van der Waals surface area contributed by atoms with Gasteiger partial charge in [-0.2, -0.15) is 0 Å². The molecule has 0 aliphatic carbocycles. The highest BCUT2D eigenvalue weighted by molar-refractivity contribution is 8.00. The van der Waals surface area contributed by atoms with Crippen LogP contribution in [0.5, 0.6) is 0 Å². The van der Waals surface area contributed by atoms with Crippen LogP contribution in [0.1, 0.15) is 25.8 Å². The van der Waals surface area contributed by atoms with Gasteiger partial charge in [0.2, 0.25) is 5.91 Å². The second-order valence-corrected chi connectivity index (χ2v) is 7.91. The summed E-state index contributed by atoms with van der Waals surface area (Å²) in [6.45, 7) is 3.89. The van der Waals surface area contributed by atoms with Crippen molar-refractivity contribution in [3.05, 3.63) is 64.1 Å². The van der Waals surface area contributed by atoms with Gasteiger partial charge in [-0.05, 0) is 44.4 Å². The van der Waals surface area contributed by atoms with Crippen LogP contribution in [0.25, 0.3) is 0 Å². The number of nitrogens with one attached hydrogen (secondary N) is 1. The topological polar surface area (TPSA) is 29.1 Å². The SMILES string of the molecule is C[C@H](Sc1c(Cl)cccc1Cl)C(=O)N[C@@H](C)CCc1ccccc1. The molecule has 2 nitrogen and oxygen atoms in total. The maximum Gasteiger partial charge on any atom is 0.233 e. The number of halogens is 2. The second kappa shape index (κ2) is 9.36. The minimum absolute atomic E-state index is 0.00320. The van der Waals surface area contributed by atoms with Crippen LogP contribution in [-0.4, -0.2) is 17.2 Å². The molecule has 0 unspecified atom stereocenters. The van der Waals surface area contributed by atoms with Crippen molar-refractivity contribution >= 4 is 40.9 Å². The fraction of sp³-hybridized carbons (Fsp3) is 0.316. The van der Waals surface area contributed by atoms with E-state index in [0.717, 1.165) is 17.7 Å². The van der Waals surface area contributed by atoms with E-state index in [1.165, 1.54) is 17.3 Å². The first kappa shape index (κ1) is 19.2. The molecule has 0 spiro atoms. The summed E-state index contributed by atoms with van der Waals surface area (Å²) in [6, 6.07) is 15.8. The Morgan fingerprint density at radius 2 is 1.67 bits per heavy atom. The zero-order valence-electron chi connectivity index (χ0n) is 13.8. The molecule has 5 heteroatoms. The van der Waals surface area contributed by atoms with Crippen molar-refractivity contribution in [2.75, 3.05) is 0 Å². The summed E-state index contributed by atoms with van der Waals surface area (Å²) >= 11 is 13.7. The van der Waals surface area contributed by atoms with Crippen LogP contribution >= 0.6 is 35.0 Å². The lowest BCUT2D eigenvalue weighted by Gasteiger charge is -2.18. The van der Waals surface area contributed by atoms with Gasteiger partial charge in [-0.1, -0.05) is 59.6 Å². The van der Waals surface area contributed by atoms with Gasteiger partial charge in [0, 0.05) is 10.9 Å². The molecule has 0 saturated heterocycles. The lowest BCUT2D eigenvalue weighted by molar-refractivity contribution is -0.120. The third-order valence-electron chi connectivity index (χ3n) is 3.68. The van der Waals surface area contributed by atoms with Crippen LogP contribution in [-0.2, 0) is 11.2 Å². The monoisotopic (exact) mass is 381 g/mol. The molecule has 0 aliphatic heterocycles. The van der Waals surface area contributed by atoms with Crippen LogP contribution in [0.4, 0.5) is 0 Å². The minimum Gasteiger partial charge on any atom is -0.353 e. The third-order valence-corrected chi connectivity index (χ3v) is 5.78. The van der Waals surface area contributed by atoms with E-state index in [-0.39, 0.29) is 17.2 Å². The molecule has 0 heterocycles.